The normalized spacial score (nSPS) is 17.4. The Labute approximate surface area is 152 Å². The number of allylic oxidation sites excluding steroid dienone is 2. The summed E-state index contributed by atoms with van der Waals surface area (Å²) < 4.78 is 38.3. The number of hydrogen-bond acceptors (Lipinski definition) is 3. The molecule has 136 valence electrons. The van der Waals surface area contributed by atoms with Gasteiger partial charge in [-0.15, -0.1) is 0 Å². The molecule has 1 heterocycles. The largest absolute Gasteiger partial charge is 0.507 e. The topological polar surface area (TPSA) is 50.2 Å². The zero-order valence-corrected chi connectivity index (χ0v) is 14.0. The van der Waals surface area contributed by atoms with Crippen molar-refractivity contribution in [3.63, 3.8) is 0 Å². The summed E-state index contributed by atoms with van der Waals surface area (Å²) in [5.41, 5.74) is 1.19. The highest BCUT2D eigenvalue weighted by atomic mass is 19.4. The van der Waals surface area contributed by atoms with Gasteiger partial charge in [0.2, 0.25) is 0 Å². The minimum Gasteiger partial charge on any atom is -0.507 e. The Kier molecular flexibility index (Phi) is 3.98. The van der Waals surface area contributed by atoms with Crippen LogP contribution in [0.3, 0.4) is 0 Å². The van der Waals surface area contributed by atoms with Gasteiger partial charge in [-0.05, 0) is 42.3 Å². The van der Waals surface area contributed by atoms with Gasteiger partial charge in [-0.3, -0.25) is 9.78 Å². The Morgan fingerprint density at radius 2 is 1.81 bits per heavy atom. The number of nitrogens with zero attached hydrogens (tertiary/aromatic N) is 1. The highest BCUT2D eigenvalue weighted by Crippen LogP contribution is 2.41. The number of phenolic OH excluding ortho intramolecular Hbond substituents is 1. The number of aromatic nitrogens is 1. The summed E-state index contributed by atoms with van der Waals surface area (Å²) in [6.07, 6.45) is -2.87. The molecular formula is C21H14F3NO2. The van der Waals surface area contributed by atoms with E-state index in [0.717, 1.165) is 17.0 Å². The van der Waals surface area contributed by atoms with Gasteiger partial charge in [-0.2, -0.15) is 13.2 Å². The zero-order valence-electron chi connectivity index (χ0n) is 14.0. The number of rotatable bonds is 2. The maximum Gasteiger partial charge on any atom is 0.416 e. The standard InChI is InChI=1S/C21H14F3NO2/c22-21(23,24)14-6-7-15(20(27)11-14)13-9-16(19(26)10-13)18-8-5-12-3-1-2-4-17(12)25-18/h1-8,10-11,16,27H,9H2. The van der Waals surface area contributed by atoms with Crippen LogP contribution in [0.4, 0.5) is 13.2 Å². The van der Waals surface area contributed by atoms with E-state index in [0.29, 0.717) is 17.3 Å². The second-order valence-corrected chi connectivity index (χ2v) is 6.49. The Morgan fingerprint density at radius 3 is 2.56 bits per heavy atom. The minimum atomic E-state index is -4.53. The van der Waals surface area contributed by atoms with E-state index in [1.807, 2.05) is 30.3 Å². The SMILES string of the molecule is O=C1C=C(c2ccc(C(F)(F)F)cc2O)CC1c1ccc2ccccc2n1. The molecule has 6 heteroatoms. The van der Waals surface area contributed by atoms with Crippen molar-refractivity contribution >= 4 is 22.3 Å². The summed E-state index contributed by atoms with van der Waals surface area (Å²) in [5, 5.41) is 11.0. The van der Waals surface area contributed by atoms with Crippen LogP contribution in [0.1, 0.15) is 29.2 Å². The van der Waals surface area contributed by atoms with Crippen LogP contribution in [0, 0.1) is 0 Å². The summed E-state index contributed by atoms with van der Waals surface area (Å²) in [4.78, 5) is 17.0. The van der Waals surface area contributed by atoms with E-state index >= 15 is 0 Å². The number of aromatic hydroxyl groups is 1. The van der Waals surface area contributed by atoms with Gasteiger partial charge < -0.3 is 5.11 Å². The average Bonchev–Trinajstić information content (AvgIpc) is 3.02. The fraction of sp³-hybridized carbons (Fsp3) is 0.143. The van der Waals surface area contributed by atoms with Crippen molar-refractivity contribution in [2.24, 2.45) is 0 Å². The third kappa shape index (κ3) is 3.18. The van der Waals surface area contributed by atoms with Gasteiger partial charge in [-0.25, -0.2) is 0 Å². The maximum absolute atomic E-state index is 12.8. The van der Waals surface area contributed by atoms with E-state index in [1.165, 1.54) is 12.1 Å². The van der Waals surface area contributed by atoms with E-state index in [9.17, 15) is 23.1 Å². The average molecular weight is 369 g/mol. The van der Waals surface area contributed by atoms with Gasteiger partial charge in [0.1, 0.15) is 5.75 Å². The number of halogens is 3. The number of benzene rings is 2. The number of ketones is 1. The molecule has 2 aromatic carbocycles. The summed E-state index contributed by atoms with van der Waals surface area (Å²) in [5.74, 6) is -1.17. The lowest BCUT2D eigenvalue weighted by atomic mass is 9.95. The van der Waals surface area contributed by atoms with Crippen LogP contribution < -0.4 is 0 Å². The molecule has 3 aromatic rings. The quantitative estimate of drug-likeness (QED) is 0.684. The molecule has 0 bridgehead atoms. The van der Waals surface area contributed by atoms with Crippen LogP contribution >= 0.6 is 0 Å². The lowest BCUT2D eigenvalue weighted by molar-refractivity contribution is -0.137. The van der Waals surface area contributed by atoms with Crippen molar-refractivity contribution in [3.8, 4) is 5.75 Å². The van der Waals surface area contributed by atoms with Crippen LogP contribution in [0.15, 0.2) is 60.7 Å². The molecule has 0 saturated carbocycles. The second-order valence-electron chi connectivity index (χ2n) is 6.49. The van der Waals surface area contributed by atoms with Gasteiger partial charge in [-0.1, -0.05) is 30.3 Å². The van der Waals surface area contributed by atoms with Crippen LogP contribution in [0.25, 0.3) is 16.5 Å². The smallest absolute Gasteiger partial charge is 0.416 e. The number of para-hydroxylation sites is 1. The third-order valence-corrected chi connectivity index (χ3v) is 4.73. The molecule has 0 radical (unpaired) electrons. The van der Waals surface area contributed by atoms with Crippen molar-refractivity contribution in [2.75, 3.05) is 0 Å². The molecule has 1 N–H and O–H groups in total. The number of pyridine rings is 1. The molecular weight excluding hydrogens is 355 g/mol. The van der Waals surface area contributed by atoms with Crippen LogP contribution in [-0.4, -0.2) is 15.9 Å². The Balaban J connectivity index is 1.64. The van der Waals surface area contributed by atoms with Crippen molar-refractivity contribution in [2.45, 2.75) is 18.5 Å². The lowest BCUT2D eigenvalue weighted by Gasteiger charge is -2.12. The highest BCUT2D eigenvalue weighted by molar-refractivity contribution is 6.06. The molecule has 1 unspecified atom stereocenters. The molecule has 0 fully saturated rings. The number of carbonyl (C=O) groups is 1. The summed E-state index contributed by atoms with van der Waals surface area (Å²) in [6.45, 7) is 0. The first kappa shape index (κ1) is 17.3. The Morgan fingerprint density at radius 1 is 1.04 bits per heavy atom. The molecule has 3 nitrogen and oxygen atoms in total. The summed E-state index contributed by atoms with van der Waals surface area (Å²) >= 11 is 0. The second kappa shape index (κ2) is 6.23. The van der Waals surface area contributed by atoms with Crippen molar-refractivity contribution < 1.29 is 23.1 Å². The van der Waals surface area contributed by atoms with Crippen LogP contribution in [-0.2, 0) is 11.0 Å². The van der Waals surface area contributed by atoms with E-state index in [1.54, 1.807) is 6.07 Å². The Bertz CT molecular complexity index is 1090. The molecule has 0 saturated heterocycles. The van der Waals surface area contributed by atoms with Gasteiger partial charge in [0.15, 0.2) is 5.78 Å². The zero-order chi connectivity index (χ0) is 19.2. The van der Waals surface area contributed by atoms with E-state index in [2.05, 4.69) is 4.98 Å². The van der Waals surface area contributed by atoms with Crippen LogP contribution in [0.5, 0.6) is 5.75 Å². The van der Waals surface area contributed by atoms with Crippen LogP contribution in [0.2, 0.25) is 0 Å². The first-order chi connectivity index (χ1) is 12.8. The van der Waals surface area contributed by atoms with Crippen molar-refractivity contribution in [3.05, 3.63) is 77.5 Å². The number of phenols is 1. The molecule has 1 aliphatic carbocycles. The predicted molar refractivity (Wildman–Crippen MR) is 95.2 cm³/mol. The number of fused-ring (bicyclic) bond motifs is 1. The molecule has 0 aliphatic heterocycles. The predicted octanol–water partition coefficient (Wildman–Crippen LogP) is 5.10. The monoisotopic (exact) mass is 369 g/mol. The molecule has 1 aliphatic rings. The minimum absolute atomic E-state index is 0.174. The van der Waals surface area contributed by atoms with Crippen molar-refractivity contribution in [1.82, 2.24) is 4.98 Å². The van der Waals surface area contributed by atoms with Crippen molar-refractivity contribution in [1.29, 1.82) is 0 Å². The third-order valence-electron chi connectivity index (χ3n) is 4.73. The van der Waals surface area contributed by atoms with E-state index < -0.39 is 23.4 Å². The fourth-order valence-electron chi connectivity index (χ4n) is 3.35. The van der Waals surface area contributed by atoms with Gasteiger partial charge >= 0.3 is 6.18 Å². The number of alkyl halides is 3. The first-order valence-corrected chi connectivity index (χ1v) is 8.33. The molecule has 1 atom stereocenters. The van der Waals surface area contributed by atoms with E-state index in [4.69, 9.17) is 0 Å². The maximum atomic E-state index is 12.8. The van der Waals surface area contributed by atoms with Gasteiger partial charge in [0, 0.05) is 10.9 Å². The molecule has 4 rings (SSSR count). The number of carbonyl (C=O) groups excluding carboxylic acids is 1. The molecule has 0 amide bonds. The molecule has 0 spiro atoms. The van der Waals surface area contributed by atoms with Gasteiger partial charge in [0.25, 0.3) is 0 Å². The first-order valence-electron chi connectivity index (χ1n) is 8.33. The summed E-state index contributed by atoms with van der Waals surface area (Å²) in [6, 6.07) is 14.0. The highest BCUT2D eigenvalue weighted by Gasteiger charge is 2.33. The fourth-order valence-corrected chi connectivity index (χ4v) is 3.35. The lowest BCUT2D eigenvalue weighted by Crippen LogP contribution is -2.07. The summed E-state index contributed by atoms with van der Waals surface area (Å²) in [7, 11) is 0. The van der Waals surface area contributed by atoms with E-state index in [-0.39, 0.29) is 17.8 Å². The molecule has 1 aromatic heterocycles. The van der Waals surface area contributed by atoms with Gasteiger partial charge in [0.05, 0.1) is 22.7 Å². The number of hydrogen-bond donors (Lipinski definition) is 1. The Hall–Kier alpha value is -3.15. The molecule has 27 heavy (non-hydrogen) atoms.